The van der Waals surface area contributed by atoms with Gasteiger partial charge in [-0.15, -0.1) is 0 Å². The third kappa shape index (κ3) is 1.81. The Morgan fingerprint density at radius 3 is 2.84 bits per heavy atom. The molecule has 1 aromatic heterocycles. The number of fused-ring (bicyclic) bond motifs is 1. The molecule has 2 aromatic rings. The van der Waals surface area contributed by atoms with E-state index in [1.165, 1.54) is 18.4 Å². The molecular formula is C16H16N2O. The van der Waals surface area contributed by atoms with Crippen LogP contribution in [-0.4, -0.2) is 9.97 Å². The van der Waals surface area contributed by atoms with Gasteiger partial charge in [0.1, 0.15) is 5.82 Å². The third-order valence-electron chi connectivity index (χ3n) is 4.17. The highest BCUT2D eigenvalue weighted by molar-refractivity contribution is 5.62. The van der Waals surface area contributed by atoms with Crippen molar-refractivity contribution in [2.45, 2.75) is 38.0 Å². The van der Waals surface area contributed by atoms with E-state index >= 15 is 0 Å². The molecule has 0 radical (unpaired) electrons. The summed E-state index contributed by atoms with van der Waals surface area (Å²) in [6.45, 7) is 0. The summed E-state index contributed by atoms with van der Waals surface area (Å²) in [5.41, 5.74) is 4.40. The predicted octanol–water partition coefficient (Wildman–Crippen LogP) is 2.80. The molecule has 1 aromatic carbocycles. The number of benzene rings is 1. The molecule has 2 aliphatic carbocycles. The van der Waals surface area contributed by atoms with Crippen molar-refractivity contribution in [3.63, 3.8) is 0 Å². The van der Waals surface area contributed by atoms with Crippen molar-refractivity contribution in [2.75, 3.05) is 0 Å². The van der Waals surface area contributed by atoms with Gasteiger partial charge >= 0.3 is 0 Å². The average molecular weight is 252 g/mol. The normalized spacial score (nSPS) is 17.5. The zero-order valence-electron chi connectivity index (χ0n) is 10.8. The molecule has 3 heteroatoms. The van der Waals surface area contributed by atoms with Crippen LogP contribution in [0.25, 0.3) is 11.4 Å². The predicted molar refractivity (Wildman–Crippen MR) is 74.3 cm³/mol. The lowest BCUT2D eigenvalue weighted by molar-refractivity contribution is 0.899. The highest BCUT2D eigenvalue weighted by Gasteiger charge is 2.27. The maximum atomic E-state index is 12.1. The molecule has 1 heterocycles. The van der Waals surface area contributed by atoms with Gasteiger partial charge in [0.25, 0.3) is 5.56 Å². The van der Waals surface area contributed by atoms with Gasteiger partial charge < -0.3 is 4.98 Å². The summed E-state index contributed by atoms with van der Waals surface area (Å²) in [6, 6.07) is 8.34. The number of nitrogens with one attached hydrogen (secondary N) is 1. The number of rotatable bonds is 2. The minimum Gasteiger partial charge on any atom is -0.306 e. The van der Waals surface area contributed by atoms with Gasteiger partial charge in [-0.1, -0.05) is 24.3 Å². The van der Waals surface area contributed by atoms with E-state index in [9.17, 15) is 4.79 Å². The number of hydrogen-bond donors (Lipinski definition) is 1. The van der Waals surface area contributed by atoms with Crippen molar-refractivity contribution in [1.82, 2.24) is 9.97 Å². The van der Waals surface area contributed by atoms with Crippen molar-refractivity contribution < 1.29 is 0 Å². The van der Waals surface area contributed by atoms with Crippen LogP contribution in [0.1, 0.15) is 42.0 Å². The molecule has 1 N–H and O–H groups in total. The number of aryl methyl sites for hydroxylation is 1. The molecule has 3 nitrogen and oxygen atoms in total. The molecule has 0 saturated heterocycles. The van der Waals surface area contributed by atoms with Gasteiger partial charge in [0.05, 0.1) is 5.69 Å². The summed E-state index contributed by atoms with van der Waals surface area (Å²) in [5, 5.41) is 0. The second-order valence-electron chi connectivity index (χ2n) is 5.55. The summed E-state index contributed by atoms with van der Waals surface area (Å²) in [5.74, 6) is 1.42. The Morgan fingerprint density at radius 2 is 2.00 bits per heavy atom. The SMILES string of the molecule is O=c1[nH]c(-c2ccccc2C2CC2)nc2c1CCC2. The molecule has 1 fully saturated rings. The average Bonchev–Trinajstić information content (AvgIpc) is 3.17. The van der Waals surface area contributed by atoms with E-state index in [4.69, 9.17) is 4.98 Å². The van der Waals surface area contributed by atoms with E-state index in [0.717, 1.165) is 41.9 Å². The van der Waals surface area contributed by atoms with E-state index in [1.807, 2.05) is 6.07 Å². The van der Waals surface area contributed by atoms with Crippen molar-refractivity contribution in [1.29, 1.82) is 0 Å². The molecular weight excluding hydrogens is 236 g/mol. The fourth-order valence-electron chi connectivity index (χ4n) is 3.03. The summed E-state index contributed by atoms with van der Waals surface area (Å²) in [4.78, 5) is 19.8. The lowest BCUT2D eigenvalue weighted by Gasteiger charge is -2.09. The molecule has 0 aliphatic heterocycles. The molecule has 2 aliphatic rings. The fourth-order valence-corrected chi connectivity index (χ4v) is 3.03. The fraction of sp³-hybridized carbons (Fsp3) is 0.375. The lowest BCUT2D eigenvalue weighted by atomic mass is 10.0. The first-order valence-corrected chi connectivity index (χ1v) is 7.04. The molecule has 96 valence electrons. The second-order valence-corrected chi connectivity index (χ2v) is 5.55. The third-order valence-corrected chi connectivity index (χ3v) is 4.17. The van der Waals surface area contributed by atoms with Crippen LogP contribution in [0.2, 0.25) is 0 Å². The summed E-state index contributed by atoms with van der Waals surface area (Å²) in [7, 11) is 0. The number of hydrogen-bond acceptors (Lipinski definition) is 2. The lowest BCUT2D eigenvalue weighted by Crippen LogP contribution is -2.15. The van der Waals surface area contributed by atoms with E-state index in [1.54, 1.807) is 0 Å². The zero-order chi connectivity index (χ0) is 12.8. The molecule has 0 amide bonds. The first-order chi connectivity index (χ1) is 9.33. The molecule has 19 heavy (non-hydrogen) atoms. The zero-order valence-corrected chi connectivity index (χ0v) is 10.8. The Labute approximate surface area is 111 Å². The Morgan fingerprint density at radius 1 is 1.16 bits per heavy atom. The molecule has 0 bridgehead atoms. The molecule has 0 spiro atoms. The van der Waals surface area contributed by atoms with Crippen molar-refractivity contribution >= 4 is 0 Å². The van der Waals surface area contributed by atoms with E-state index in [2.05, 4.69) is 23.2 Å². The maximum absolute atomic E-state index is 12.1. The Balaban J connectivity index is 1.89. The van der Waals surface area contributed by atoms with Gasteiger partial charge in [0.15, 0.2) is 0 Å². The van der Waals surface area contributed by atoms with Gasteiger partial charge in [-0.3, -0.25) is 4.79 Å². The van der Waals surface area contributed by atoms with Gasteiger partial charge in [0.2, 0.25) is 0 Å². The van der Waals surface area contributed by atoms with E-state index in [0.29, 0.717) is 5.92 Å². The molecule has 1 saturated carbocycles. The van der Waals surface area contributed by atoms with E-state index < -0.39 is 0 Å². The van der Waals surface area contributed by atoms with Crippen LogP contribution in [-0.2, 0) is 12.8 Å². The largest absolute Gasteiger partial charge is 0.306 e. The monoisotopic (exact) mass is 252 g/mol. The molecule has 0 unspecified atom stereocenters. The minimum atomic E-state index is 0.0584. The van der Waals surface area contributed by atoms with E-state index in [-0.39, 0.29) is 5.56 Å². The van der Waals surface area contributed by atoms with Crippen LogP contribution in [0, 0.1) is 0 Å². The number of aromatic nitrogens is 2. The summed E-state index contributed by atoms with van der Waals surface area (Å²) < 4.78 is 0. The van der Waals surface area contributed by atoms with Crippen molar-refractivity contribution in [2.24, 2.45) is 0 Å². The maximum Gasteiger partial charge on any atom is 0.254 e. The summed E-state index contributed by atoms with van der Waals surface area (Å²) >= 11 is 0. The van der Waals surface area contributed by atoms with Crippen LogP contribution in [0.4, 0.5) is 0 Å². The van der Waals surface area contributed by atoms with Crippen molar-refractivity contribution in [3.05, 3.63) is 51.4 Å². The first-order valence-electron chi connectivity index (χ1n) is 7.04. The van der Waals surface area contributed by atoms with Gasteiger partial charge in [-0.25, -0.2) is 4.98 Å². The van der Waals surface area contributed by atoms with Gasteiger partial charge in [0, 0.05) is 11.1 Å². The van der Waals surface area contributed by atoms with Crippen LogP contribution in [0.15, 0.2) is 29.1 Å². The Kier molecular flexibility index (Phi) is 2.34. The first kappa shape index (κ1) is 11.0. The molecule has 0 atom stereocenters. The van der Waals surface area contributed by atoms with Gasteiger partial charge in [-0.2, -0.15) is 0 Å². The van der Waals surface area contributed by atoms with Crippen LogP contribution >= 0.6 is 0 Å². The second kappa shape index (κ2) is 4.05. The Hall–Kier alpha value is -1.90. The number of H-pyrrole nitrogens is 1. The topological polar surface area (TPSA) is 45.8 Å². The standard InChI is InChI=1S/C16H16N2O/c19-16-13-6-3-7-14(13)17-15(18-16)12-5-2-1-4-11(12)10-8-9-10/h1-2,4-5,10H,3,6-9H2,(H,17,18,19). The van der Waals surface area contributed by atoms with Crippen LogP contribution in [0.5, 0.6) is 0 Å². The van der Waals surface area contributed by atoms with Crippen LogP contribution < -0.4 is 5.56 Å². The van der Waals surface area contributed by atoms with Gasteiger partial charge in [-0.05, 0) is 43.6 Å². The smallest absolute Gasteiger partial charge is 0.254 e. The van der Waals surface area contributed by atoms with Crippen LogP contribution in [0.3, 0.4) is 0 Å². The quantitative estimate of drug-likeness (QED) is 0.893. The highest BCUT2D eigenvalue weighted by atomic mass is 16.1. The highest BCUT2D eigenvalue weighted by Crippen LogP contribution is 2.43. The van der Waals surface area contributed by atoms with Crippen molar-refractivity contribution in [3.8, 4) is 11.4 Å². The number of nitrogens with zero attached hydrogens (tertiary/aromatic N) is 1. The molecule has 4 rings (SSSR count). The number of aromatic amines is 1. The minimum absolute atomic E-state index is 0.0584. The summed E-state index contributed by atoms with van der Waals surface area (Å²) in [6.07, 6.45) is 5.39. The Bertz CT molecular complexity index is 698.